The fourth-order valence-electron chi connectivity index (χ4n) is 4.99. The Hall–Kier alpha value is -3.88. The van der Waals surface area contributed by atoms with Crippen molar-refractivity contribution in [3.8, 4) is 5.75 Å². The molecule has 0 saturated heterocycles. The van der Waals surface area contributed by atoms with Crippen molar-refractivity contribution in [3.05, 3.63) is 137 Å². The predicted octanol–water partition coefficient (Wildman–Crippen LogP) is 8.39. The van der Waals surface area contributed by atoms with Crippen molar-refractivity contribution in [1.82, 2.24) is 4.90 Å². The van der Waals surface area contributed by atoms with Crippen LogP contribution >= 0.6 is 12.4 Å². The topological polar surface area (TPSA) is 49.8 Å². The minimum atomic E-state index is -4.79. The van der Waals surface area contributed by atoms with E-state index in [1.54, 1.807) is 24.3 Å². The van der Waals surface area contributed by atoms with Gasteiger partial charge in [-0.1, -0.05) is 84.9 Å². The maximum absolute atomic E-state index is 15.1. The van der Waals surface area contributed by atoms with Gasteiger partial charge in [0.25, 0.3) is 0 Å². The summed E-state index contributed by atoms with van der Waals surface area (Å²) in [6.07, 6.45) is -4.72. The van der Waals surface area contributed by atoms with Crippen molar-refractivity contribution in [2.45, 2.75) is 44.5 Å². The molecule has 1 atom stereocenters. The van der Waals surface area contributed by atoms with E-state index in [1.807, 2.05) is 72.5 Å². The predicted molar refractivity (Wildman–Crippen MR) is 161 cm³/mol. The first-order chi connectivity index (χ1) is 20.1. The molecule has 4 aromatic carbocycles. The van der Waals surface area contributed by atoms with Crippen LogP contribution in [0.1, 0.15) is 47.1 Å². The number of benzene rings is 4. The molecule has 4 rings (SSSR count). The Kier molecular flexibility index (Phi) is 12.2. The van der Waals surface area contributed by atoms with Gasteiger partial charge < -0.3 is 9.84 Å². The van der Waals surface area contributed by atoms with Gasteiger partial charge in [0.2, 0.25) is 0 Å². The van der Waals surface area contributed by atoms with Crippen LogP contribution < -0.4 is 4.74 Å². The molecule has 0 spiro atoms. The monoisotopic (exact) mass is 615 g/mol. The summed E-state index contributed by atoms with van der Waals surface area (Å²) in [5.74, 6) is -1.78. The SMILES string of the molecule is CC(CCN(Cc1cccc(C(F)(F)F)c1F)CC(c1ccccc1)c1ccccc1)Oc1cccc(CC(=O)O)c1.Cl. The van der Waals surface area contributed by atoms with Crippen LogP contribution in [0.25, 0.3) is 0 Å². The zero-order chi connectivity index (χ0) is 30.1. The minimum Gasteiger partial charge on any atom is -0.491 e. The summed E-state index contributed by atoms with van der Waals surface area (Å²) >= 11 is 0. The molecule has 228 valence electrons. The number of hydrogen-bond acceptors (Lipinski definition) is 3. The minimum absolute atomic E-state index is 0. The van der Waals surface area contributed by atoms with Crippen LogP contribution in [0.2, 0.25) is 0 Å². The fraction of sp³-hybridized carbons (Fsp3) is 0.265. The first kappa shape index (κ1) is 33.6. The lowest BCUT2D eigenvalue weighted by Crippen LogP contribution is -2.32. The number of hydrogen-bond donors (Lipinski definition) is 1. The van der Waals surface area contributed by atoms with Gasteiger partial charge in [0.05, 0.1) is 18.1 Å². The summed E-state index contributed by atoms with van der Waals surface area (Å²) in [7, 11) is 0. The molecular formula is C34H34ClF4NO3. The molecule has 0 fully saturated rings. The average Bonchev–Trinajstić information content (AvgIpc) is 2.95. The lowest BCUT2D eigenvalue weighted by atomic mass is 9.90. The number of aliphatic carboxylic acids is 1. The molecule has 0 aliphatic carbocycles. The van der Waals surface area contributed by atoms with E-state index in [0.717, 1.165) is 17.2 Å². The van der Waals surface area contributed by atoms with Crippen LogP contribution in [0.4, 0.5) is 17.6 Å². The van der Waals surface area contributed by atoms with Crippen LogP contribution in [-0.4, -0.2) is 35.2 Å². The molecule has 0 heterocycles. The molecular weight excluding hydrogens is 582 g/mol. The maximum atomic E-state index is 15.1. The summed E-state index contributed by atoms with van der Waals surface area (Å²) in [5, 5.41) is 9.09. The highest BCUT2D eigenvalue weighted by molar-refractivity contribution is 5.85. The first-order valence-corrected chi connectivity index (χ1v) is 13.7. The van der Waals surface area contributed by atoms with Crippen molar-refractivity contribution in [3.63, 3.8) is 0 Å². The van der Waals surface area contributed by atoms with E-state index in [1.165, 1.54) is 12.1 Å². The van der Waals surface area contributed by atoms with E-state index in [2.05, 4.69) is 0 Å². The molecule has 0 radical (unpaired) electrons. The van der Waals surface area contributed by atoms with Gasteiger partial charge in [0.1, 0.15) is 11.6 Å². The van der Waals surface area contributed by atoms with Crippen molar-refractivity contribution in [1.29, 1.82) is 0 Å². The lowest BCUT2D eigenvalue weighted by Gasteiger charge is -2.30. The van der Waals surface area contributed by atoms with E-state index in [0.29, 0.717) is 30.8 Å². The second-order valence-corrected chi connectivity index (χ2v) is 10.3. The average molecular weight is 616 g/mol. The zero-order valence-corrected chi connectivity index (χ0v) is 24.5. The number of halogens is 5. The standard InChI is InChI=1S/C34H33F4NO3.ClH/c1-24(42-29-16-8-10-25(20-29)21-32(40)41)18-19-39(22-28-15-9-17-31(33(28)35)34(36,37)38)23-30(26-11-4-2-5-12-26)27-13-6-3-7-14-27;/h2-17,20,24,30H,18-19,21-23H2,1H3,(H,40,41);1H. The molecule has 0 aliphatic rings. The zero-order valence-electron chi connectivity index (χ0n) is 23.6. The van der Waals surface area contributed by atoms with Gasteiger partial charge in [-0.3, -0.25) is 9.69 Å². The lowest BCUT2D eigenvalue weighted by molar-refractivity contribution is -0.140. The Bertz CT molecular complexity index is 1410. The number of carboxylic acid groups (broad SMARTS) is 1. The molecule has 43 heavy (non-hydrogen) atoms. The molecule has 0 aromatic heterocycles. The van der Waals surface area contributed by atoms with Crippen LogP contribution in [0.3, 0.4) is 0 Å². The number of alkyl halides is 3. The molecule has 9 heteroatoms. The van der Waals surface area contributed by atoms with Crippen LogP contribution in [0.15, 0.2) is 103 Å². The van der Waals surface area contributed by atoms with E-state index < -0.39 is 23.5 Å². The quantitative estimate of drug-likeness (QED) is 0.154. The second-order valence-electron chi connectivity index (χ2n) is 10.3. The number of nitrogens with zero attached hydrogens (tertiary/aromatic N) is 1. The van der Waals surface area contributed by atoms with Crippen molar-refractivity contribution in [2.24, 2.45) is 0 Å². The second kappa shape index (κ2) is 15.5. The largest absolute Gasteiger partial charge is 0.491 e. The van der Waals surface area contributed by atoms with E-state index in [9.17, 15) is 18.0 Å². The summed E-state index contributed by atoms with van der Waals surface area (Å²) in [6, 6.07) is 29.9. The Labute approximate surface area is 255 Å². The summed E-state index contributed by atoms with van der Waals surface area (Å²) in [6.45, 7) is 2.71. The fourth-order valence-corrected chi connectivity index (χ4v) is 4.99. The summed E-state index contributed by atoms with van der Waals surface area (Å²) < 4.78 is 61.6. The molecule has 4 nitrogen and oxygen atoms in total. The molecule has 1 unspecified atom stereocenters. The Morgan fingerprint density at radius 2 is 1.49 bits per heavy atom. The van der Waals surface area contributed by atoms with Gasteiger partial charge in [-0.25, -0.2) is 4.39 Å². The van der Waals surface area contributed by atoms with Gasteiger partial charge in [-0.05, 0) is 48.2 Å². The molecule has 1 N–H and O–H groups in total. The van der Waals surface area contributed by atoms with Gasteiger partial charge in [0.15, 0.2) is 0 Å². The molecule has 0 bridgehead atoms. The van der Waals surface area contributed by atoms with Crippen LogP contribution in [0.5, 0.6) is 5.75 Å². The summed E-state index contributed by atoms with van der Waals surface area (Å²) in [4.78, 5) is 13.0. The molecule has 0 aliphatic heterocycles. The van der Waals surface area contributed by atoms with Crippen molar-refractivity contribution < 1.29 is 32.2 Å². The summed E-state index contributed by atoms with van der Waals surface area (Å²) in [5.41, 5.74) is 1.39. The molecule has 0 saturated carbocycles. The van der Waals surface area contributed by atoms with Crippen LogP contribution in [0, 0.1) is 5.82 Å². The van der Waals surface area contributed by atoms with Crippen molar-refractivity contribution in [2.75, 3.05) is 13.1 Å². The Morgan fingerprint density at radius 3 is 2.07 bits per heavy atom. The van der Waals surface area contributed by atoms with Crippen LogP contribution in [-0.2, 0) is 23.9 Å². The van der Waals surface area contributed by atoms with Gasteiger partial charge >= 0.3 is 12.1 Å². The number of ether oxygens (including phenoxy) is 1. The Morgan fingerprint density at radius 1 is 0.884 bits per heavy atom. The number of carbonyl (C=O) groups is 1. The van der Waals surface area contributed by atoms with Crippen molar-refractivity contribution >= 4 is 18.4 Å². The third-order valence-electron chi connectivity index (χ3n) is 7.07. The Balaban J connectivity index is 0.00000506. The smallest absolute Gasteiger partial charge is 0.419 e. The van der Waals surface area contributed by atoms with E-state index in [4.69, 9.17) is 9.84 Å². The normalized spacial score (nSPS) is 12.2. The third kappa shape index (κ3) is 9.83. The highest BCUT2D eigenvalue weighted by Crippen LogP contribution is 2.33. The van der Waals surface area contributed by atoms with Gasteiger partial charge in [-0.15, -0.1) is 12.4 Å². The first-order valence-electron chi connectivity index (χ1n) is 13.7. The highest BCUT2D eigenvalue weighted by Gasteiger charge is 2.35. The van der Waals surface area contributed by atoms with Gasteiger partial charge in [0, 0.05) is 31.1 Å². The van der Waals surface area contributed by atoms with E-state index >= 15 is 4.39 Å². The highest BCUT2D eigenvalue weighted by atomic mass is 35.5. The number of carboxylic acids is 1. The third-order valence-corrected chi connectivity index (χ3v) is 7.07. The van der Waals surface area contributed by atoms with E-state index in [-0.39, 0.29) is 43.0 Å². The number of rotatable bonds is 13. The van der Waals surface area contributed by atoms with Gasteiger partial charge in [-0.2, -0.15) is 13.2 Å². The maximum Gasteiger partial charge on any atom is 0.419 e. The molecule has 0 amide bonds. The molecule has 4 aromatic rings.